The molecule has 312 valence electrons. The van der Waals surface area contributed by atoms with Gasteiger partial charge in [0.05, 0.1) is 24.4 Å². The fourth-order valence-electron chi connectivity index (χ4n) is 6.88. The first kappa shape index (κ1) is 46.7. The second kappa shape index (κ2) is 22.9. The van der Waals surface area contributed by atoms with Gasteiger partial charge < -0.3 is 35.6 Å². The van der Waals surface area contributed by atoms with Crippen LogP contribution in [0.15, 0.2) is 29.6 Å². The van der Waals surface area contributed by atoms with Crippen molar-refractivity contribution in [2.75, 3.05) is 31.8 Å². The third-order valence-corrected chi connectivity index (χ3v) is 12.2. The van der Waals surface area contributed by atoms with Gasteiger partial charge in [-0.1, -0.05) is 59.6 Å². The number of thioether (sulfide) groups is 1. The summed E-state index contributed by atoms with van der Waals surface area (Å²) in [4.78, 5) is 74.5. The van der Waals surface area contributed by atoms with Crippen molar-refractivity contribution in [3.63, 3.8) is 0 Å². The highest BCUT2D eigenvalue weighted by Gasteiger charge is 2.39. The van der Waals surface area contributed by atoms with Gasteiger partial charge in [0.15, 0.2) is 6.10 Å². The number of amides is 3. The Kier molecular flexibility index (Phi) is 19.1. The first-order valence-electron chi connectivity index (χ1n) is 19.5. The Morgan fingerprint density at radius 1 is 1.07 bits per heavy atom. The Bertz CT molecular complexity index is 1590. The Morgan fingerprint density at radius 3 is 2.36 bits per heavy atom. The minimum atomic E-state index is -0.994. The highest BCUT2D eigenvalue weighted by molar-refractivity contribution is 7.99. The van der Waals surface area contributed by atoms with Gasteiger partial charge in [-0.25, -0.2) is 4.98 Å². The Balaban J connectivity index is 1.91. The molecule has 0 bridgehead atoms. The number of nitrogens with one attached hydrogen (secondary N) is 2. The Labute approximate surface area is 339 Å². The highest BCUT2D eigenvalue weighted by atomic mass is 32.2. The predicted octanol–water partition coefficient (Wildman–Crippen LogP) is 4.85. The van der Waals surface area contributed by atoms with Crippen LogP contribution in [0.25, 0.3) is 0 Å². The van der Waals surface area contributed by atoms with E-state index < -0.39 is 48.0 Å². The van der Waals surface area contributed by atoms with Gasteiger partial charge in [-0.2, -0.15) is 0 Å². The first-order valence-corrected chi connectivity index (χ1v) is 21.5. The number of phenols is 1. The van der Waals surface area contributed by atoms with Crippen molar-refractivity contribution in [1.82, 2.24) is 25.4 Å². The Hall–Kier alpha value is -3.73. The molecule has 0 aliphatic carbocycles. The zero-order valence-electron chi connectivity index (χ0n) is 33.7. The minimum Gasteiger partial charge on any atom is -0.508 e. The predicted molar refractivity (Wildman–Crippen MR) is 217 cm³/mol. The van der Waals surface area contributed by atoms with E-state index in [0.29, 0.717) is 30.0 Å². The molecule has 0 saturated carbocycles. The number of nitrogens with zero attached hydrogens (tertiary/aromatic N) is 3. The number of hydrogen-bond donors (Lipinski definition) is 5. The lowest BCUT2D eigenvalue weighted by molar-refractivity contribution is -0.149. The largest absolute Gasteiger partial charge is 0.508 e. The third-order valence-electron chi connectivity index (χ3n) is 10.4. The van der Waals surface area contributed by atoms with Crippen LogP contribution in [0.1, 0.15) is 107 Å². The van der Waals surface area contributed by atoms with E-state index in [4.69, 9.17) is 4.74 Å². The van der Waals surface area contributed by atoms with Gasteiger partial charge >= 0.3 is 11.9 Å². The number of piperidine rings is 1. The molecule has 2 heterocycles. The van der Waals surface area contributed by atoms with Crippen LogP contribution in [0.3, 0.4) is 0 Å². The summed E-state index contributed by atoms with van der Waals surface area (Å²) in [6.07, 6.45) is 3.02. The average Bonchev–Trinajstić information content (AvgIpc) is 3.65. The van der Waals surface area contributed by atoms with Gasteiger partial charge in [0.25, 0.3) is 5.91 Å². The number of phenolic OH excluding ortho intramolecular Hbond substituents is 1. The van der Waals surface area contributed by atoms with Crippen molar-refractivity contribution in [3.8, 4) is 5.75 Å². The molecule has 14 nitrogen and oxygen atoms in total. The van der Waals surface area contributed by atoms with Crippen LogP contribution in [-0.2, 0) is 30.3 Å². The minimum absolute atomic E-state index is 0.0700. The van der Waals surface area contributed by atoms with Crippen molar-refractivity contribution in [3.05, 3.63) is 45.9 Å². The molecule has 1 saturated heterocycles. The number of likely N-dealkylation sites (N-methyl/N-ethyl adjacent to an activating group) is 1. The fraction of sp³-hybridized carbons (Fsp3) is 0.650. The van der Waals surface area contributed by atoms with E-state index in [-0.39, 0.29) is 66.5 Å². The van der Waals surface area contributed by atoms with E-state index in [1.165, 1.54) is 30.8 Å². The van der Waals surface area contributed by atoms with Crippen LogP contribution in [0.4, 0.5) is 0 Å². The summed E-state index contributed by atoms with van der Waals surface area (Å²) < 4.78 is 5.83. The number of likely N-dealkylation sites (tertiary alicyclic amines) is 1. The second-order valence-electron chi connectivity index (χ2n) is 15.2. The van der Waals surface area contributed by atoms with E-state index in [1.54, 1.807) is 29.3 Å². The molecule has 3 amide bonds. The van der Waals surface area contributed by atoms with Gasteiger partial charge in [-0.05, 0) is 68.8 Å². The van der Waals surface area contributed by atoms with Crippen molar-refractivity contribution in [2.45, 2.75) is 117 Å². The number of benzene rings is 1. The van der Waals surface area contributed by atoms with E-state index in [1.807, 2.05) is 39.6 Å². The fourth-order valence-corrected chi connectivity index (χ4v) is 8.50. The number of aromatic nitrogens is 1. The normalized spacial score (nSPS) is 17.9. The van der Waals surface area contributed by atoms with Crippen molar-refractivity contribution in [2.24, 2.45) is 17.8 Å². The number of aliphatic hydroxyl groups is 1. The number of ether oxygens (including phenoxy) is 1. The monoisotopic (exact) mass is 819 g/mol. The number of rotatable bonds is 22. The number of aliphatic carboxylic acids is 1. The van der Waals surface area contributed by atoms with Crippen LogP contribution >= 0.6 is 23.1 Å². The van der Waals surface area contributed by atoms with Crippen LogP contribution in [0.5, 0.6) is 5.75 Å². The average molecular weight is 820 g/mol. The summed E-state index contributed by atoms with van der Waals surface area (Å²) in [5.41, 5.74) is 0.868. The molecule has 1 aliphatic heterocycles. The standard InChI is InChI=1S/C40H61N5O9S2/c1-8-25(4)35(43-37(50)32-11-9-10-16-44(32)7)39(51)45(23-55-18-17-46)33(24(2)3)21-34(54-27(6)47)38-42-31(22-56-38)36(49)41-29(19-26(5)40(52)53)20-28-12-14-30(48)15-13-28/h12-15,22,24-26,29,32-35,46,48H,8-11,16-21,23H2,1-7H3,(H,41,49)(H,43,50)(H,52,53)/t25-,26-,29+,32+,33+,34+,35-/m0/s1. The van der Waals surface area contributed by atoms with Crippen molar-refractivity contribution in [1.29, 1.82) is 0 Å². The molecule has 0 unspecified atom stereocenters. The smallest absolute Gasteiger partial charge is 0.306 e. The van der Waals surface area contributed by atoms with Gasteiger partial charge in [-0.3, -0.25) is 28.9 Å². The first-order chi connectivity index (χ1) is 26.6. The maximum atomic E-state index is 14.7. The molecular formula is C40H61N5O9S2. The molecule has 7 atom stereocenters. The summed E-state index contributed by atoms with van der Waals surface area (Å²) >= 11 is 2.53. The lowest BCUT2D eigenvalue weighted by Crippen LogP contribution is -2.58. The van der Waals surface area contributed by atoms with Crippen molar-refractivity contribution < 1.29 is 44.0 Å². The lowest BCUT2D eigenvalue weighted by Gasteiger charge is -2.40. The van der Waals surface area contributed by atoms with Crippen LogP contribution in [-0.4, -0.2) is 116 Å². The van der Waals surface area contributed by atoms with Gasteiger partial charge in [0, 0.05) is 36.6 Å². The third kappa shape index (κ3) is 14.0. The van der Waals surface area contributed by atoms with Crippen LogP contribution in [0.2, 0.25) is 0 Å². The van der Waals surface area contributed by atoms with Gasteiger partial charge in [0.1, 0.15) is 22.5 Å². The SMILES string of the molecule is CC[C@H](C)[C@H](NC(=O)[C@H]1CCCCN1C)C(=O)N(CSCCO)[C@H](C[C@@H](OC(C)=O)c1nc(C(=O)N[C@@H](Cc2ccc(O)cc2)C[C@H](C)C(=O)O)cs1)C(C)C. The van der Waals surface area contributed by atoms with Crippen LogP contribution in [0, 0.1) is 17.8 Å². The number of carbonyl (C=O) groups excluding carboxylic acids is 4. The second-order valence-corrected chi connectivity index (χ2v) is 17.1. The number of carboxylic acids is 1. The molecule has 0 radical (unpaired) electrons. The number of aliphatic hydroxyl groups excluding tert-OH is 1. The number of carboxylic acid groups (broad SMARTS) is 1. The molecule has 1 aromatic carbocycles. The van der Waals surface area contributed by atoms with E-state index in [2.05, 4.69) is 15.6 Å². The molecule has 16 heteroatoms. The molecule has 3 rings (SSSR count). The number of carbonyl (C=O) groups is 5. The molecule has 0 spiro atoms. The summed E-state index contributed by atoms with van der Waals surface area (Å²) in [6.45, 7) is 11.4. The van der Waals surface area contributed by atoms with Crippen molar-refractivity contribution >= 4 is 52.8 Å². The lowest BCUT2D eigenvalue weighted by atomic mass is 9.92. The number of aromatic hydroxyl groups is 1. The highest BCUT2D eigenvalue weighted by Crippen LogP contribution is 2.32. The zero-order valence-corrected chi connectivity index (χ0v) is 35.4. The van der Waals surface area contributed by atoms with Crippen LogP contribution < -0.4 is 10.6 Å². The van der Waals surface area contributed by atoms with Gasteiger partial charge in [-0.15, -0.1) is 23.1 Å². The van der Waals surface area contributed by atoms with Gasteiger partial charge in [0.2, 0.25) is 11.8 Å². The quantitative estimate of drug-likeness (QED) is 0.0616. The molecule has 2 aromatic rings. The molecule has 56 heavy (non-hydrogen) atoms. The summed E-state index contributed by atoms with van der Waals surface area (Å²) in [5.74, 6) is -2.87. The number of thiazole rings is 1. The summed E-state index contributed by atoms with van der Waals surface area (Å²) in [7, 11) is 1.93. The molecule has 1 fully saturated rings. The zero-order chi connectivity index (χ0) is 41.5. The summed E-state index contributed by atoms with van der Waals surface area (Å²) in [6, 6.07) is 4.28. The Morgan fingerprint density at radius 2 is 1.77 bits per heavy atom. The molecule has 5 N–H and O–H groups in total. The maximum Gasteiger partial charge on any atom is 0.306 e. The molecular weight excluding hydrogens is 759 g/mol. The topological polar surface area (TPSA) is 199 Å². The molecule has 1 aliphatic rings. The van der Waals surface area contributed by atoms with E-state index >= 15 is 0 Å². The summed E-state index contributed by atoms with van der Waals surface area (Å²) in [5, 5.41) is 36.8. The molecule has 1 aromatic heterocycles. The number of esters is 1. The number of hydrogen-bond acceptors (Lipinski definition) is 12. The maximum absolute atomic E-state index is 14.7. The van der Waals surface area contributed by atoms with E-state index in [9.17, 15) is 39.3 Å². The van der Waals surface area contributed by atoms with E-state index in [0.717, 1.165) is 36.3 Å².